The molecule has 0 unspecified atom stereocenters. The van der Waals surface area contributed by atoms with Gasteiger partial charge in [0.25, 0.3) is 0 Å². The summed E-state index contributed by atoms with van der Waals surface area (Å²) < 4.78 is 10.4. The fourth-order valence-electron chi connectivity index (χ4n) is 2.29. The third kappa shape index (κ3) is 3.87. The molecule has 1 aromatic carbocycles. The molecule has 21 heavy (non-hydrogen) atoms. The molecule has 1 aliphatic heterocycles. The number of amides is 2. The normalized spacial score (nSPS) is 15.1. The molecule has 114 valence electrons. The standard InChI is InChI=1S/C15H20N2O4/c1-20-12-5-4-11(13(9-12)21-2)8-15(19)17-7-3-6-16-14(18)10-17/h4-5,9H,3,6-8,10H2,1-2H3,(H,16,18). The van der Waals surface area contributed by atoms with Gasteiger partial charge in [0, 0.05) is 24.7 Å². The van der Waals surface area contributed by atoms with Gasteiger partial charge in [-0.05, 0) is 12.5 Å². The maximum atomic E-state index is 12.3. The fraction of sp³-hybridized carbons (Fsp3) is 0.467. The van der Waals surface area contributed by atoms with Crippen LogP contribution in [0.2, 0.25) is 0 Å². The van der Waals surface area contributed by atoms with Crippen LogP contribution in [0.5, 0.6) is 11.5 Å². The topological polar surface area (TPSA) is 67.9 Å². The van der Waals surface area contributed by atoms with E-state index in [9.17, 15) is 9.59 Å². The number of rotatable bonds is 4. The van der Waals surface area contributed by atoms with Gasteiger partial charge in [-0.15, -0.1) is 0 Å². The smallest absolute Gasteiger partial charge is 0.239 e. The molecule has 1 N–H and O–H groups in total. The molecule has 0 spiro atoms. The van der Waals surface area contributed by atoms with Crippen LogP contribution in [0.3, 0.4) is 0 Å². The van der Waals surface area contributed by atoms with Crippen LogP contribution in [0.25, 0.3) is 0 Å². The summed E-state index contributed by atoms with van der Waals surface area (Å²) in [4.78, 5) is 25.4. The molecule has 1 aromatic rings. The molecular weight excluding hydrogens is 272 g/mol. The van der Waals surface area contributed by atoms with E-state index in [2.05, 4.69) is 5.32 Å². The number of carbonyl (C=O) groups excluding carboxylic acids is 2. The molecule has 0 aliphatic carbocycles. The summed E-state index contributed by atoms with van der Waals surface area (Å²) in [6, 6.07) is 5.35. The Morgan fingerprint density at radius 1 is 1.33 bits per heavy atom. The minimum atomic E-state index is -0.109. The summed E-state index contributed by atoms with van der Waals surface area (Å²) in [5, 5.41) is 2.76. The minimum Gasteiger partial charge on any atom is -0.497 e. The van der Waals surface area contributed by atoms with E-state index in [1.807, 2.05) is 6.07 Å². The number of benzene rings is 1. The van der Waals surface area contributed by atoms with E-state index in [1.165, 1.54) is 0 Å². The molecular formula is C15H20N2O4. The summed E-state index contributed by atoms with van der Waals surface area (Å²) in [5.41, 5.74) is 0.785. The highest BCUT2D eigenvalue weighted by Gasteiger charge is 2.21. The van der Waals surface area contributed by atoms with Gasteiger partial charge in [0.15, 0.2) is 0 Å². The summed E-state index contributed by atoms with van der Waals surface area (Å²) in [6.45, 7) is 1.34. The first-order valence-electron chi connectivity index (χ1n) is 6.89. The summed E-state index contributed by atoms with van der Waals surface area (Å²) in [6.07, 6.45) is 0.984. The lowest BCUT2D eigenvalue weighted by Gasteiger charge is -2.19. The minimum absolute atomic E-state index is 0.0736. The Kier molecular flexibility index (Phi) is 5.03. The van der Waals surface area contributed by atoms with Crippen molar-refractivity contribution in [3.05, 3.63) is 23.8 Å². The molecule has 1 aliphatic rings. The van der Waals surface area contributed by atoms with Crippen molar-refractivity contribution in [2.45, 2.75) is 12.8 Å². The Balaban J connectivity index is 2.09. The van der Waals surface area contributed by atoms with E-state index >= 15 is 0 Å². The molecule has 1 fully saturated rings. The van der Waals surface area contributed by atoms with Gasteiger partial charge in [0.2, 0.25) is 11.8 Å². The molecule has 0 bridgehead atoms. The van der Waals surface area contributed by atoms with Crippen LogP contribution in [-0.4, -0.2) is 50.6 Å². The van der Waals surface area contributed by atoms with Crippen LogP contribution in [0, 0.1) is 0 Å². The highest BCUT2D eigenvalue weighted by Crippen LogP contribution is 2.25. The second-order valence-corrected chi connectivity index (χ2v) is 4.87. The van der Waals surface area contributed by atoms with Crippen molar-refractivity contribution in [3.63, 3.8) is 0 Å². The Morgan fingerprint density at radius 2 is 2.14 bits per heavy atom. The predicted octanol–water partition coefficient (Wildman–Crippen LogP) is 0.595. The van der Waals surface area contributed by atoms with Gasteiger partial charge in [-0.1, -0.05) is 6.07 Å². The molecule has 0 saturated carbocycles. The lowest BCUT2D eigenvalue weighted by molar-refractivity contribution is -0.134. The molecule has 1 heterocycles. The molecule has 1 saturated heterocycles. The molecule has 2 amide bonds. The van der Waals surface area contributed by atoms with Gasteiger partial charge < -0.3 is 19.7 Å². The molecule has 2 rings (SSSR count). The van der Waals surface area contributed by atoms with E-state index in [0.29, 0.717) is 24.6 Å². The first-order valence-corrected chi connectivity index (χ1v) is 6.89. The molecule has 0 aromatic heterocycles. The number of nitrogens with zero attached hydrogens (tertiary/aromatic N) is 1. The number of hydrogen-bond acceptors (Lipinski definition) is 4. The van der Waals surface area contributed by atoms with Gasteiger partial charge in [-0.25, -0.2) is 0 Å². The van der Waals surface area contributed by atoms with Gasteiger partial charge >= 0.3 is 0 Å². The Labute approximate surface area is 124 Å². The van der Waals surface area contributed by atoms with Crippen molar-refractivity contribution in [2.75, 3.05) is 33.9 Å². The first kappa shape index (κ1) is 15.2. The van der Waals surface area contributed by atoms with Gasteiger partial charge in [0.1, 0.15) is 11.5 Å². The average Bonchev–Trinajstić information content (AvgIpc) is 2.72. The summed E-state index contributed by atoms with van der Waals surface area (Å²) in [5.74, 6) is 1.11. The predicted molar refractivity (Wildman–Crippen MR) is 77.5 cm³/mol. The van der Waals surface area contributed by atoms with Crippen molar-refractivity contribution < 1.29 is 19.1 Å². The zero-order valence-electron chi connectivity index (χ0n) is 12.3. The van der Waals surface area contributed by atoms with E-state index in [-0.39, 0.29) is 24.8 Å². The number of methoxy groups -OCH3 is 2. The third-order valence-corrected chi connectivity index (χ3v) is 3.45. The van der Waals surface area contributed by atoms with Crippen LogP contribution in [0.15, 0.2) is 18.2 Å². The average molecular weight is 292 g/mol. The second kappa shape index (κ2) is 6.97. The van der Waals surface area contributed by atoms with Crippen molar-refractivity contribution in [2.24, 2.45) is 0 Å². The number of carbonyl (C=O) groups is 2. The van der Waals surface area contributed by atoms with E-state index in [4.69, 9.17) is 9.47 Å². The summed E-state index contributed by atoms with van der Waals surface area (Å²) >= 11 is 0. The van der Waals surface area contributed by atoms with E-state index in [0.717, 1.165) is 12.0 Å². The zero-order valence-corrected chi connectivity index (χ0v) is 12.3. The monoisotopic (exact) mass is 292 g/mol. The maximum Gasteiger partial charge on any atom is 0.239 e. The van der Waals surface area contributed by atoms with Crippen LogP contribution < -0.4 is 14.8 Å². The highest BCUT2D eigenvalue weighted by molar-refractivity contribution is 5.86. The molecule has 6 heteroatoms. The van der Waals surface area contributed by atoms with E-state index in [1.54, 1.807) is 31.3 Å². The largest absolute Gasteiger partial charge is 0.497 e. The van der Waals surface area contributed by atoms with E-state index < -0.39 is 0 Å². The zero-order chi connectivity index (χ0) is 15.2. The second-order valence-electron chi connectivity index (χ2n) is 4.87. The SMILES string of the molecule is COc1ccc(CC(=O)N2CCCNC(=O)C2)c(OC)c1. The van der Waals surface area contributed by atoms with Crippen LogP contribution in [0.1, 0.15) is 12.0 Å². The van der Waals surface area contributed by atoms with Crippen LogP contribution in [0.4, 0.5) is 0 Å². The summed E-state index contributed by atoms with van der Waals surface area (Å²) in [7, 11) is 3.14. The Morgan fingerprint density at radius 3 is 2.86 bits per heavy atom. The van der Waals surface area contributed by atoms with Gasteiger partial charge in [0.05, 0.1) is 27.2 Å². The Hall–Kier alpha value is -2.24. The van der Waals surface area contributed by atoms with Gasteiger partial charge in [-0.2, -0.15) is 0 Å². The third-order valence-electron chi connectivity index (χ3n) is 3.45. The van der Waals surface area contributed by atoms with Crippen molar-refractivity contribution in [3.8, 4) is 11.5 Å². The fourth-order valence-corrected chi connectivity index (χ4v) is 2.29. The maximum absolute atomic E-state index is 12.3. The van der Waals surface area contributed by atoms with Crippen molar-refractivity contribution in [1.82, 2.24) is 10.2 Å². The Bertz CT molecular complexity index is 530. The first-order chi connectivity index (χ1) is 10.1. The van der Waals surface area contributed by atoms with Crippen LogP contribution in [-0.2, 0) is 16.0 Å². The molecule has 0 atom stereocenters. The van der Waals surface area contributed by atoms with Crippen molar-refractivity contribution >= 4 is 11.8 Å². The van der Waals surface area contributed by atoms with Crippen molar-refractivity contribution in [1.29, 1.82) is 0 Å². The molecule has 6 nitrogen and oxygen atoms in total. The highest BCUT2D eigenvalue weighted by atomic mass is 16.5. The molecule has 0 radical (unpaired) electrons. The lowest BCUT2D eigenvalue weighted by atomic mass is 10.1. The quantitative estimate of drug-likeness (QED) is 0.882. The number of nitrogens with one attached hydrogen (secondary N) is 1. The van der Waals surface area contributed by atoms with Crippen LogP contribution >= 0.6 is 0 Å². The number of ether oxygens (including phenoxy) is 2. The lowest BCUT2D eigenvalue weighted by Crippen LogP contribution is -2.38. The number of hydrogen-bond donors (Lipinski definition) is 1. The van der Waals surface area contributed by atoms with Gasteiger partial charge in [-0.3, -0.25) is 9.59 Å².